The average molecular weight is 479 g/mol. The first kappa shape index (κ1) is 21.4. The molecule has 4 rings (SSSR count). The number of hydrogen-bond acceptors (Lipinski definition) is 6. The molecule has 0 aliphatic rings. The van der Waals surface area contributed by atoms with Crippen molar-refractivity contribution in [3.8, 4) is 0 Å². The van der Waals surface area contributed by atoms with Crippen LogP contribution in [-0.2, 0) is 17.1 Å². The molecule has 4 aromatic rings. The molecule has 0 saturated heterocycles. The lowest BCUT2D eigenvalue weighted by molar-refractivity contribution is -0.137. The topological polar surface area (TPSA) is 72.2 Å². The molecule has 0 unspecified atom stereocenters. The summed E-state index contributed by atoms with van der Waals surface area (Å²) in [6, 6.07) is 7.78. The van der Waals surface area contributed by atoms with Crippen molar-refractivity contribution in [1.29, 1.82) is 0 Å². The molecule has 0 aliphatic heterocycles. The summed E-state index contributed by atoms with van der Waals surface area (Å²) in [4.78, 5) is 28.4. The van der Waals surface area contributed by atoms with Crippen molar-refractivity contribution in [3.05, 3.63) is 56.0 Å². The van der Waals surface area contributed by atoms with E-state index in [0.717, 1.165) is 23.7 Å². The van der Waals surface area contributed by atoms with Crippen LogP contribution in [0.5, 0.6) is 0 Å². The number of unbranched alkanes of at least 4 members (excludes halogenated alkanes) is 2. The molecule has 0 atom stereocenters. The molecule has 0 aliphatic carbocycles. The number of fused-ring (bicyclic) bond motifs is 2. The Hall–Kier alpha value is -1.87. The molecule has 0 amide bonds. The molecule has 0 bridgehead atoms. The first-order valence-corrected chi connectivity index (χ1v) is 12.6. The van der Waals surface area contributed by atoms with Gasteiger partial charge in [-0.05, 0) is 58.8 Å². The molecule has 0 fully saturated rings. The number of hydrogen-bond donors (Lipinski definition) is 1. The second kappa shape index (κ2) is 9.51. The first-order valence-electron chi connectivity index (χ1n) is 9.51. The molecule has 1 aromatic carbocycles. The Morgan fingerprint density at radius 1 is 1.20 bits per heavy atom. The Labute approximate surface area is 190 Å². The van der Waals surface area contributed by atoms with E-state index in [1.165, 1.54) is 21.6 Å². The molecule has 30 heavy (non-hydrogen) atoms. The monoisotopic (exact) mass is 478 g/mol. The number of nitrogens with zero attached hydrogens (tertiary/aromatic N) is 2. The summed E-state index contributed by atoms with van der Waals surface area (Å²) in [6.45, 7) is 0.540. The van der Waals surface area contributed by atoms with Crippen LogP contribution in [0.4, 0.5) is 0 Å². The minimum absolute atomic E-state index is 0.0195. The van der Waals surface area contributed by atoms with Gasteiger partial charge in [-0.2, -0.15) is 0 Å². The lowest BCUT2D eigenvalue weighted by Gasteiger charge is -2.12. The molecular weight excluding hydrogens is 460 g/mol. The van der Waals surface area contributed by atoms with Crippen LogP contribution in [0.3, 0.4) is 0 Å². The van der Waals surface area contributed by atoms with Crippen molar-refractivity contribution in [1.82, 2.24) is 9.55 Å². The normalized spacial score (nSPS) is 11.5. The van der Waals surface area contributed by atoms with Crippen molar-refractivity contribution in [2.24, 2.45) is 0 Å². The SMILES string of the molecule is O=C(O)CCCCCn1c(SCc2csc3ccc(Cl)cc23)nc2ccsc2c1=O. The molecule has 0 spiro atoms. The molecule has 0 saturated carbocycles. The molecule has 156 valence electrons. The number of carboxylic acid groups (broad SMARTS) is 1. The van der Waals surface area contributed by atoms with Gasteiger partial charge in [0.2, 0.25) is 0 Å². The maximum atomic E-state index is 13.0. The average Bonchev–Trinajstić information content (AvgIpc) is 3.34. The standard InChI is InChI=1S/C21H19ClN2O3S3/c22-14-5-6-17-15(10-14)13(11-29-17)12-30-21-23-16-7-9-28-19(16)20(27)24(21)8-3-1-2-4-18(25)26/h5-7,9-11H,1-4,8,12H2,(H,25,26). The van der Waals surface area contributed by atoms with E-state index in [-0.39, 0.29) is 12.0 Å². The van der Waals surface area contributed by atoms with E-state index in [9.17, 15) is 9.59 Å². The fourth-order valence-corrected chi connectivity index (χ4v) is 6.28. The fraction of sp³-hybridized carbons (Fsp3) is 0.286. The van der Waals surface area contributed by atoms with Gasteiger partial charge in [0.25, 0.3) is 5.56 Å². The number of aliphatic carboxylic acids is 1. The minimum atomic E-state index is -0.784. The van der Waals surface area contributed by atoms with E-state index in [1.807, 2.05) is 29.6 Å². The summed E-state index contributed by atoms with van der Waals surface area (Å²) in [5, 5.41) is 15.4. The second-order valence-electron chi connectivity index (χ2n) is 6.88. The van der Waals surface area contributed by atoms with Gasteiger partial charge in [0.15, 0.2) is 5.16 Å². The molecule has 3 heterocycles. The third-order valence-electron chi connectivity index (χ3n) is 4.78. The van der Waals surface area contributed by atoms with E-state index in [1.54, 1.807) is 27.7 Å². The van der Waals surface area contributed by atoms with Crippen molar-refractivity contribution in [3.63, 3.8) is 0 Å². The van der Waals surface area contributed by atoms with Gasteiger partial charge >= 0.3 is 5.97 Å². The van der Waals surface area contributed by atoms with Crippen LogP contribution in [-0.4, -0.2) is 20.6 Å². The van der Waals surface area contributed by atoms with Crippen molar-refractivity contribution >= 4 is 72.3 Å². The largest absolute Gasteiger partial charge is 0.481 e. The summed E-state index contributed by atoms with van der Waals surface area (Å²) in [5.41, 5.74) is 1.89. The van der Waals surface area contributed by atoms with E-state index in [2.05, 4.69) is 5.38 Å². The Kier molecular flexibility index (Phi) is 6.77. The summed E-state index contributed by atoms with van der Waals surface area (Å²) in [7, 11) is 0. The van der Waals surface area contributed by atoms with Gasteiger partial charge in [-0.25, -0.2) is 4.98 Å². The maximum absolute atomic E-state index is 13.0. The number of halogens is 1. The van der Waals surface area contributed by atoms with Gasteiger partial charge in [0.1, 0.15) is 4.70 Å². The van der Waals surface area contributed by atoms with Crippen molar-refractivity contribution in [2.45, 2.75) is 43.1 Å². The third kappa shape index (κ3) is 4.72. The molecular formula is C21H19ClN2O3S3. The number of thiophene rings is 2. The second-order valence-corrected chi connectivity index (χ2v) is 10.1. The predicted molar refractivity (Wildman–Crippen MR) is 126 cm³/mol. The fourth-order valence-electron chi connectivity index (χ4n) is 3.26. The van der Waals surface area contributed by atoms with Gasteiger partial charge in [0, 0.05) is 28.4 Å². The Bertz CT molecular complexity index is 1260. The maximum Gasteiger partial charge on any atom is 0.303 e. The van der Waals surface area contributed by atoms with Crippen LogP contribution in [0.2, 0.25) is 5.02 Å². The van der Waals surface area contributed by atoms with Gasteiger partial charge in [-0.3, -0.25) is 14.2 Å². The number of carbonyl (C=O) groups is 1. The lowest BCUT2D eigenvalue weighted by atomic mass is 10.2. The number of thioether (sulfide) groups is 1. The van der Waals surface area contributed by atoms with Crippen LogP contribution in [0, 0.1) is 0 Å². The number of rotatable bonds is 9. The highest BCUT2D eigenvalue weighted by molar-refractivity contribution is 7.98. The number of benzene rings is 1. The molecule has 0 radical (unpaired) electrons. The Balaban J connectivity index is 1.56. The van der Waals surface area contributed by atoms with Crippen LogP contribution in [0.25, 0.3) is 20.3 Å². The highest BCUT2D eigenvalue weighted by Crippen LogP contribution is 2.33. The van der Waals surface area contributed by atoms with E-state index < -0.39 is 5.97 Å². The molecule has 5 nitrogen and oxygen atoms in total. The van der Waals surface area contributed by atoms with Gasteiger partial charge < -0.3 is 5.11 Å². The van der Waals surface area contributed by atoms with E-state index in [4.69, 9.17) is 21.7 Å². The van der Waals surface area contributed by atoms with Crippen LogP contribution < -0.4 is 5.56 Å². The van der Waals surface area contributed by atoms with E-state index in [0.29, 0.717) is 33.6 Å². The highest BCUT2D eigenvalue weighted by Gasteiger charge is 2.14. The van der Waals surface area contributed by atoms with Gasteiger partial charge in [-0.15, -0.1) is 22.7 Å². The van der Waals surface area contributed by atoms with Crippen molar-refractivity contribution < 1.29 is 9.90 Å². The van der Waals surface area contributed by atoms with Crippen LogP contribution in [0.1, 0.15) is 31.2 Å². The van der Waals surface area contributed by atoms with Crippen LogP contribution >= 0.6 is 46.0 Å². The summed E-state index contributed by atoms with van der Waals surface area (Å²) < 4.78 is 3.59. The molecule has 1 N–H and O–H groups in total. The predicted octanol–water partition coefficient (Wildman–Crippen LogP) is 6.26. The van der Waals surface area contributed by atoms with E-state index >= 15 is 0 Å². The smallest absolute Gasteiger partial charge is 0.303 e. The zero-order valence-corrected chi connectivity index (χ0v) is 19.2. The zero-order chi connectivity index (χ0) is 21.1. The molecule has 3 aromatic heterocycles. The Morgan fingerprint density at radius 2 is 2.07 bits per heavy atom. The summed E-state index contributed by atoms with van der Waals surface area (Å²) in [5.74, 6) is -0.0882. The Morgan fingerprint density at radius 3 is 2.90 bits per heavy atom. The third-order valence-corrected chi connectivity index (χ3v) is 7.94. The summed E-state index contributed by atoms with van der Waals surface area (Å²) in [6.07, 6.45) is 2.28. The molecule has 9 heteroatoms. The van der Waals surface area contributed by atoms with Crippen LogP contribution in [0.15, 0.2) is 45.0 Å². The first-order chi connectivity index (χ1) is 14.5. The number of aromatic nitrogens is 2. The van der Waals surface area contributed by atoms with Gasteiger partial charge in [0.05, 0.1) is 5.52 Å². The quantitative estimate of drug-likeness (QED) is 0.174. The van der Waals surface area contributed by atoms with Crippen molar-refractivity contribution in [2.75, 3.05) is 0 Å². The minimum Gasteiger partial charge on any atom is -0.481 e. The highest BCUT2D eigenvalue weighted by atomic mass is 35.5. The number of carboxylic acids is 1. The zero-order valence-electron chi connectivity index (χ0n) is 16.0. The lowest BCUT2D eigenvalue weighted by Crippen LogP contribution is -2.22. The van der Waals surface area contributed by atoms with Gasteiger partial charge in [-0.1, -0.05) is 29.8 Å². The summed E-state index contributed by atoms with van der Waals surface area (Å²) >= 11 is 10.8.